The number of likely N-dealkylation sites (N-methyl/N-ethyl adjacent to an activating group) is 1. The molecular weight excluding hydrogens is 292 g/mol. The van der Waals surface area contributed by atoms with Gasteiger partial charge in [-0.05, 0) is 55.3 Å². The summed E-state index contributed by atoms with van der Waals surface area (Å²) in [4.78, 5) is 4.68. The van der Waals surface area contributed by atoms with Gasteiger partial charge < -0.3 is 4.90 Å². The molecule has 0 amide bonds. The van der Waals surface area contributed by atoms with E-state index in [-0.39, 0.29) is 0 Å². The Kier molecular flexibility index (Phi) is 3.90. The maximum atomic E-state index is 4.26. The zero-order valence-electron chi connectivity index (χ0n) is 13.4. The lowest BCUT2D eigenvalue weighted by Gasteiger charge is -2.28. The molecule has 2 aromatic heterocycles. The van der Waals surface area contributed by atoms with E-state index in [4.69, 9.17) is 0 Å². The van der Waals surface area contributed by atoms with Crippen LogP contribution in [0.25, 0.3) is 0 Å². The van der Waals surface area contributed by atoms with Crippen molar-refractivity contribution in [1.82, 2.24) is 35.3 Å². The number of tetrazole rings is 1. The molecule has 0 bridgehead atoms. The van der Waals surface area contributed by atoms with Gasteiger partial charge in [0.15, 0.2) is 11.6 Å². The largest absolute Gasteiger partial charge is 0.351 e. The molecule has 0 radical (unpaired) electrons. The van der Waals surface area contributed by atoms with Gasteiger partial charge in [-0.2, -0.15) is 5.10 Å². The molecule has 23 heavy (non-hydrogen) atoms. The molecule has 1 aliphatic carbocycles. The molecule has 1 aliphatic heterocycles. The molecule has 2 fully saturated rings. The van der Waals surface area contributed by atoms with Gasteiger partial charge in [0.2, 0.25) is 0 Å². The number of nitrogens with zero attached hydrogens (tertiary/aromatic N) is 8. The fraction of sp³-hybridized carbons (Fsp3) is 0.667. The molecule has 1 atom stereocenters. The van der Waals surface area contributed by atoms with Gasteiger partial charge in [-0.15, -0.1) is 10.2 Å². The van der Waals surface area contributed by atoms with Crippen molar-refractivity contribution in [3.05, 3.63) is 24.2 Å². The van der Waals surface area contributed by atoms with E-state index in [0.717, 1.165) is 31.3 Å². The van der Waals surface area contributed by atoms with Crippen LogP contribution < -0.4 is 4.90 Å². The number of hydrogen-bond donors (Lipinski definition) is 0. The molecule has 8 nitrogen and oxygen atoms in total. The predicted octanol–water partition coefficient (Wildman–Crippen LogP) is 0.899. The molecule has 3 heterocycles. The topological polar surface area (TPSA) is 75.9 Å². The van der Waals surface area contributed by atoms with Crippen molar-refractivity contribution in [3.8, 4) is 0 Å². The summed E-state index contributed by atoms with van der Waals surface area (Å²) in [7, 11) is 2.14. The van der Waals surface area contributed by atoms with Gasteiger partial charge in [0, 0.05) is 25.3 Å². The molecule has 8 heteroatoms. The van der Waals surface area contributed by atoms with Crippen molar-refractivity contribution in [2.45, 2.75) is 44.3 Å². The fourth-order valence-electron chi connectivity index (χ4n) is 3.36. The van der Waals surface area contributed by atoms with Crippen LogP contribution in [0.2, 0.25) is 0 Å². The van der Waals surface area contributed by atoms with Crippen molar-refractivity contribution in [3.63, 3.8) is 0 Å². The number of anilines is 1. The van der Waals surface area contributed by atoms with Gasteiger partial charge in [-0.25, -0.2) is 4.68 Å². The lowest BCUT2D eigenvalue weighted by molar-refractivity contribution is 0.289. The molecule has 0 spiro atoms. The fourth-order valence-corrected chi connectivity index (χ4v) is 3.36. The molecule has 1 saturated heterocycles. The first kappa shape index (κ1) is 14.5. The number of rotatable bonds is 6. The first-order valence-corrected chi connectivity index (χ1v) is 8.31. The van der Waals surface area contributed by atoms with Gasteiger partial charge in [-0.1, -0.05) is 0 Å². The van der Waals surface area contributed by atoms with Crippen molar-refractivity contribution in [1.29, 1.82) is 0 Å². The Labute approximate surface area is 135 Å². The minimum Gasteiger partial charge on any atom is -0.351 e. The van der Waals surface area contributed by atoms with E-state index in [1.807, 2.05) is 16.8 Å². The zero-order chi connectivity index (χ0) is 15.6. The molecule has 0 aromatic carbocycles. The third-order valence-corrected chi connectivity index (χ3v) is 4.62. The van der Waals surface area contributed by atoms with E-state index >= 15 is 0 Å². The van der Waals surface area contributed by atoms with Gasteiger partial charge in [0.25, 0.3) is 0 Å². The van der Waals surface area contributed by atoms with E-state index in [0.29, 0.717) is 12.1 Å². The van der Waals surface area contributed by atoms with Crippen LogP contribution in [0.5, 0.6) is 0 Å². The summed E-state index contributed by atoms with van der Waals surface area (Å²) in [5.41, 5.74) is 0. The van der Waals surface area contributed by atoms with E-state index in [1.165, 1.54) is 25.7 Å². The molecule has 122 valence electrons. The summed E-state index contributed by atoms with van der Waals surface area (Å²) in [6.07, 6.45) is 6.51. The number of hydrogen-bond acceptors (Lipinski definition) is 7. The first-order valence-electron chi connectivity index (χ1n) is 8.31. The second-order valence-electron chi connectivity index (χ2n) is 6.54. The summed E-state index contributed by atoms with van der Waals surface area (Å²) in [5, 5.41) is 20.4. The minimum absolute atomic E-state index is 0.474. The quantitative estimate of drug-likeness (QED) is 0.784. The predicted molar refractivity (Wildman–Crippen MR) is 84.8 cm³/mol. The highest BCUT2D eigenvalue weighted by Crippen LogP contribution is 2.34. The SMILES string of the molecule is CN(Cc1nnnn1C1CC1)CC1CCCN1c1cccnn1. The maximum absolute atomic E-state index is 4.26. The van der Waals surface area contributed by atoms with Gasteiger partial charge >= 0.3 is 0 Å². The lowest BCUT2D eigenvalue weighted by Crippen LogP contribution is -2.39. The lowest BCUT2D eigenvalue weighted by atomic mass is 10.2. The van der Waals surface area contributed by atoms with E-state index in [1.54, 1.807) is 6.20 Å². The molecule has 0 N–H and O–H groups in total. The van der Waals surface area contributed by atoms with Crippen molar-refractivity contribution in [2.24, 2.45) is 0 Å². The van der Waals surface area contributed by atoms with Crippen LogP contribution in [0.3, 0.4) is 0 Å². The van der Waals surface area contributed by atoms with Gasteiger partial charge in [0.05, 0.1) is 12.6 Å². The normalized spacial score (nSPS) is 21.3. The second kappa shape index (κ2) is 6.19. The van der Waals surface area contributed by atoms with Crippen LogP contribution in [0.4, 0.5) is 5.82 Å². The smallest absolute Gasteiger partial charge is 0.165 e. The monoisotopic (exact) mass is 314 g/mol. The Bertz CT molecular complexity index is 638. The molecule has 2 aliphatic rings. The van der Waals surface area contributed by atoms with Crippen LogP contribution in [-0.4, -0.2) is 61.5 Å². The van der Waals surface area contributed by atoms with Crippen LogP contribution >= 0.6 is 0 Å². The molecule has 2 aromatic rings. The molecule has 1 unspecified atom stereocenters. The summed E-state index contributed by atoms with van der Waals surface area (Å²) >= 11 is 0. The Hall–Kier alpha value is -2.09. The van der Waals surface area contributed by atoms with E-state index in [2.05, 4.69) is 42.6 Å². The van der Waals surface area contributed by atoms with Gasteiger partial charge in [0.1, 0.15) is 0 Å². The molecule has 1 saturated carbocycles. The average Bonchev–Trinajstić information content (AvgIpc) is 3.13. The third kappa shape index (κ3) is 3.17. The van der Waals surface area contributed by atoms with Crippen molar-refractivity contribution < 1.29 is 0 Å². The molecular formula is C15H22N8. The van der Waals surface area contributed by atoms with E-state index in [9.17, 15) is 0 Å². The molecule has 4 rings (SSSR count). The Morgan fingerprint density at radius 3 is 2.96 bits per heavy atom. The third-order valence-electron chi connectivity index (χ3n) is 4.62. The van der Waals surface area contributed by atoms with Crippen LogP contribution in [0.15, 0.2) is 18.3 Å². The summed E-state index contributed by atoms with van der Waals surface area (Å²) in [6, 6.07) is 4.99. The van der Waals surface area contributed by atoms with Crippen LogP contribution in [0.1, 0.15) is 37.5 Å². The standard InChI is InChI=1S/C15H22N8/c1-21(11-15-18-19-20-23(15)12-6-7-12)10-13-4-3-9-22(13)14-5-2-8-16-17-14/h2,5,8,12-13H,3-4,6-7,9-11H2,1H3. The Balaban J connectivity index is 1.39. The van der Waals surface area contributed by atoms with Gasteiger partial charge in [-0.3, -0.25) is 4.90 Å². The minimum atomic E-state index is 0.474. The van der Waals surface area contributed by atoms with Crippen molar-refractivity contribution in [2.75, 3.05) is 25.0 Å². The number of aromatic nitrogens is 6. The highest BCUT2D eigenvalue weighted by Gasteiger charge is 2.30. The average molecular weight is 314 g/mol. The Morgan fingerprint density at radius 2 is 2.17 bits per heavy atom. The summed E-state index contributed by atoms with van der Waals surface area (Å²) < 4.78 is 1.99. The summed E-state index contributed by atoms with van der Waals surface area (Å²) in [6.45, 7) is 2.82. The summed E-state index contributed by atoms with van der Waals surface area (Å²) in [5.74, 6) is 1.95. The maximum Gasteiger partial charge on any atom is 0.165 e. The zero-order valence-corrected chi connectivity index (χ0v) is 13.4. The first-order chi connectivity index (χ1) is 11.3. The van der Waals surface area contributed by atoms with Crippen molar-refractivity contribution >= 4 is 5.82 Å². The highest BCUT2D eigenvalue weighted by molar-refractivity contribution is 5.39. The van der Waals surface area contributed by atoms with E-state index < -0.39 is 0 Å². The Morgan fingerprint density at radius 1 is 1.26 bits per heavy atom. The van der Waals surface area contributed by atoms with Crippen LogP contribution in [-0.2, 0) is 6.54 Å². The second-order valence-corrected chi connectivity index (χ2v) is 6.54. The van der Waals surface area contributed by atoms with Crippen LogP contribution in [0, 0.1) is 0 Å². The highest BCUT2D eigenvalue weighted by atomic mass is 15.6.